The number of ether oxygens (including phenoxy) is 2. The first kappa shape index (κ1) is 17.7. The molecule has 138 valence electrons. The van der Waals surface area contributed by atoms with Crippen LogP contribution in [0.3, 0.4) is 0 Å². The highest BCUT2D eigenvalue weighted by Crippen LogP contribution is 2.41. The Balaban J connectivity index is 1.63. The van der Waals surface area contributed by atoms with Crippen LogP contribution in [0.25, 0.3) is 16.2 Å². The van der Waals surface area contributed by atoms with Crippen molar-refractivity contribution in [2.24, 2.45) is 0 Å². The first-order valence-electron chi connectivity index (χ1n) is 8.38. The van der Waals surface area contributed by atoms with Gasteiger partial charge in [-0.1, -0.05) is 35.9 Å². The minimum Gasteiger partial charge on any atom is -0.504 e. The van der Waals surface area contributed by atoms with Gasteiger partial charge in [0.05, 0.1) is 16.5 Å². The van der Waals surface area contributed by atoms with E-state index in [1.54, 1.807) is 18.2 Å². The summed E-state index contributed by atoms with van der Waals surface area (Å²) in [6.45, 7) is 2.26. The van der Waals surface area contributed by atoms with Crippen molar-refractivity contribution < 1.29 is 19.4 Å². The van der Waals surface area contributed by atoms with Crippen LogP contribution in [-0.2, 0) is 9.53 Å². The van der Waals surface area contributed by atoms with E-state index in [0.717, 1.165) is 15.0 Å². The average Bonchev–Trinajstić information content (AvgIpc) is 3.19. The summed E-state index contributed by atoms with van der Waals surface area (Å²) in [6.07, 6.45) is 1.03. The van der Waals surface area contributed by atoms with Crippen molar-refractivity contribution in [1.82, 2.24) is 5.32 Å². The second-order valence-electron chi connectivity index (χ2n) is 5.92. The number of rotatable bonds is 4. The fraction of sp³-hybridized carbons (Fsp3) is 0.150. The quantitative estimate of drug-likeness (QED) is 0.483. The summed E-state index contributed by atoms with van der Waals surface area (Å²) in [6, 6.07) is 12.7. The maximum atomic E-state index is 12.3. The number of esters is 1. The van der Waals surface area contributed by atoms with Gasteiger partial charge in [0.2, 0.25) is 6.23 Å². The first-order chi connectivity index (χ1) is 13.1. The molecule has 0 bridgehead atoms. The van der Waals surface area contributed by atoms with Gasteiger partial charge in [-0.2, -0.15) is 0 Å². The van der Waals surface area contributed by atoms with Crippen molar-refractivity contribution in [3.05, 3.63) is 63.6 Å². The molecule has 5 nitrogen and oxygen atoms in total. The van der Waals surface area contributed by atoms with Gasteiger partial charge in [0, 0.05) is 10.1 Å². The second kappa shape index (κ2) is 7.13. The van der Waals surface area contributed by atoms with E-state index in [2.05, 4.69) is 5.32 Å². The van der Waals surface area contributed by atoms with Gasteiger partial charge in [0.1, 0.15) is 5.70 Å². The molecule has 1 atom stereocenters. The molecule has 27 heavy (non-hydrogen) atoms. The smallest absolute Gasteiger partial charge is 0.356 e. The van der Waals surface area contributed by atoms with Crippen molar-refractivity contribution in [3.8, 4) is 11.5 Å². The highest BCUT2D eigenvalue weighted by atomic mass is 35.5. The largest absolute Gasteiger partial charge is 0.504 e. The second-order valence-corrected chi connectivity index (χ2v) is 7.39. The predicted octanol–water partition coefficient (Wildman–Crippen LogP) is 4.85. The van der Waals surface area contributed by atoms with Crippen LogP contribution in [0.15, 0.2) is 48.2 Å². The van der Waals surface area contributed by atoms with E-state index in [1.165, 1.54) is 17.4 Å². The maximum absolute atomic E-state index is 12.3. The lowest BCUT2D eigenvalue weighted by molar-refractivity contribution is -0.139. The zero-order chi connectivity index (χ0) is 19.0. The third-order valence-corrected chi connectivity index (χ3v) is 5.86. The number of thiophene rings is 1. The normalized spacial score (nSPS) is 17.9. The summed E-state index contributed by atoms with van der Waals surface area (Å²) >= 11 is 7.97. The lowest BCUT2D eigenvalue weighted by Crippen LogP contribution is -2.12. The minimum atomic E-state index is -0.628. The number of carbonyl (C=O) groups is 1. The molecule has 2 N–H and O–H groups in total. The molecule has 1 aliphatic rings. The molecule has 0 saturated carbocycles. The first-order valence-corrected chi connectivity index (χ1v) is 9.58. The number of nitrogens with one attached hydrogen (secondary N) is 1. The van der Waals surface area contributed by atoms with Crippen LogP contribution in [0.1, 0.15) is 23.6 Å². The Labute approximate surface area is 164 Å². The Morgan fingerprint density at radius 3 is 2.93 bits per heavy atom. The number of carbonyl (C=O) groups excluding carboxylic acids is 1. The molecular formula is C20H16ClNO4S. The molecule has 4 rings (SSSR count). The Hall–Kier alpha value is -2.70. The molecule has 1 aliphatic heterocycles. The third-order valence-electron chi connectivity index (χ3n) is 4.12. The number of phenolic OH excluding ortho intramolecular Hbond substituents is 1. The fourth-order valence-electron chi connectivity index (χ4n) is 2.88. The van der Waals surface area contributed by atoms with Crippen molar-refractivity contribution in [2.75, 3.05) is 6.61 Å². The molecule has 2 heterocycles. The zero-order valence-electron chi connectivity index (χ0n) is 14.4. The molecule has 0 aliphatic carbocycles. The number of halogens is 1. The van der Waals surface area contributed by atoms with Crippen LogP contribution >= 0.6 is 22.9 Å². The van der Waals surface area contributed by atoms with Gasteiger partial charge in [0.25, 0.3) is 0 Å². The molecule has 0 amide bonds. The number of aromatic hydroxyl groups is 1. The van der Waals surface area contributed by atoms with Crippen LogP contribution in [0.5, 0.6) is 11.5 Å². The van der Waals surface area contributed by atoms with Crippen LogP contribution in [-0.4, -0.2) is 17.7 Å². The standard InChI is InChI=1S/C20H16ClNO4S/c1-2-25-15-10-11(7-8-14(15)23)9-13-20(24)26-19(22-13)18-17(21)12-5-3-4-6-16(12)27-18/h3-10,19,22-23H,2H2,1H3/b13-9+/t19-/m1/s1. The number of phenols is 1. The van der Waals surface area contributed by atoms with Gasteiger partial charge in [0.15, 0.2) is 11.5 Å². The van der Waals surface area contributed by atoms with Crippen LogP contribution < -0.4 is 10.1 Å². The molecule has 0 spiro atoms. The minimum absolute atomic E-state index is 0.0518. The average molecular weight is 402 g/mol. The van der Waals surface area contributed by atoms with Gasteiger partial charge in [-0.3, -0.25) is 0 Å². The van der Waals surface area contributed by atoms with Gasteiger partial charge in [-0.25, -0.2) is 4.79 Å². The molecule has 0 unspecified atom stereocenters. The fourth-order valence-corrected chi connectivity index (χ4v) is 4.39. The summed E-state index contributed by atoms with van der Waals surface area (Å²) in [4.78, 5) is 13.1. The molecule has 0 radical (unpaired) electrons. The van der Waals surface area contributed by atoms with E-state index in [4.69, 9.17) is 21.1 Å². The number of hydrogen-bond donors (Lipinski definition) is 2. The molecule has 3 aromatic rings. The van der Waals surface area contributed by atoms with Gasteiger partial charge >= 0.3 is 5.97 Å². The summed E-state index contributed by atoms with van der Waals surface area (Å²) in [5.41, 5.74) is 1.03. The number of benzene rings is 2. The molecule has 2 aromatic carbocycles. The Bertz CT molecular complexity index is 1060. The summed E-state index contributed by atoms with van der Waals surface area (Å²) in [5, 5.41) is 14.4. The van der Waals surface area contributed by atoms with Crippen molar-refractivity contribution >= 4 is 45.1 Å². The highest BCUT2D eigenvalue weighted by Gasteiger charge is 2.32. The summed E-state index contributed by atoms with van der Waals surface area (Å²) in [5.74, 6) is -0.0437. The molecular weight excluding hydrogens is 386 g/mol. The highest BCUT2D eigenvalue weighted by molar-refractivity contribution is 7.19. The van der Waals surface area contributed by atoms with Crippen LogP contribution in [0, 0.1) is 0 Å². The molecule has 1 aromatic heterocycles. The van der Waals surface area contributed by atoms with E-state index in [9.17, 15) is 9.90 Å². The van der Waals surface area contributed by atoms with Crippen molar-refractivity contribution in [1.29, 1.82) is 0 Å². The number of cyclic esters (lactones) is 1. The van der Waals surface area contributed by atoms with Gasteiger partial charge in [-0.05, 0) is 36.8 Å². The monoisotopic (exact) mass is 401 g/mol. The van der Waals surface area contributed by atoms with Crippen molar-refractivity contribution in [2.45, 2.75) is 13.2 Å². The zero-order valence-corrected chi connectivity index (χ0v) is 15.9. The van der Waals surface area contributed by atoms with E-state index in [0.29, 0.717) is 28.6 Å². The van der Waals surface area contributed by atoms with E-state index in [-0.39, 0.29) is 5.75 Å². The Kier molecular flexibility index (Phi) is 4.68. The van der Waals surface area contributed by atoms with Gasteiger partial charge < -0.3 is 19.9 Å². The van der Waals surface area contributed by atoms with E-state index in [1.807, 2.05) is 31.2 Å². The maximum Gasteiger partial charge on any atom is 0.356 e. The summed E-state index contributed by atoms with van der Waals surface area (Å²) < 4.78 is 11.9. The van der Waals surface area contributed by atoms with Crippen LogP contribution in [0.2, 0.25) is 5.02 Å². The van der Waals surface area contributed by atoms with Crippen molar-refractivity contribution in [3.63, 3.8) is 0 Å². The Morgan fingerprint density at radius 2 is 2.15 bits per heavy atom. The lowest BCUT2D eigenvalue weighted by atomic mass is 10.1. The van der Waals surface area contributed by atoms with E-state index < -0.39 is 12.2 Å². The predicted molar refractivity (Wildman–Crippen MR) is 106 cm³/mol. The molecule has 1 fully saturated rings. The lowest BCUT2D eigenvalue weighted by Gasteiger charge is -2.08. The Morgan fingerprint density at radius 1 is 1.33 bits per heavy atom. The topological polar surface area (TPSA) is 67.8 Å². The van der Waals surface area contributed by atoms with E-state index >= 15 is 0 Å². The van der Waals surface area contributed by atoms with Gasteiger partial charge in [-0.15, -0.1) is 11.3 Å². The number of hydrogen-bond acceptors (Lipinski definition) is 6. The third kappa shape index (κ3) is 3.34. The van der Waals surface area contributed by atoms with Crippen LogP contribution in [0.4, 0.5) is 0 Å². The summed E-state index contributed by atoms with van der Waals surface area (Å²) in [7, 11) is 0. The molecule has 7 heteroatoms. The molecule has 1 saturated heterocycles. The SMILES string of the molecule is CCOc1cc(/C=C2/N[C@@H](c3sc4ccccc4c3Cl)OC2=O)ccc1O. The number of fused-ring (bicyclic) bond motifs is 1.